The summed E-state index contributed by atoms with van der Waals surface area (Å²) in [6.45, 7) is 5.99. The molecule has 152 valence electrons. The number of para-hydroxylation sites is 1. The third-order valence-electron chi connectivity index (χ3n) is 4.77. The van der Waals surface area contributed by atoms with Gasteiger partial charge in [0.25, 0.3) is 5.56 Å². The van der Waals surface area contributed by atoms with Gasteiger partial charge >= 0.3 is 0 Å². The van der Waals surface area contributed by atoms with Crippen LogP contribution < -0.4 is 15.6 Å². The summed E-state index contributed by atoms with van der Waals surface area (Å²) in [4.78, 5) is 30.3. The normalized spacial score (nSPS) is 11.4. The average Bonchev–Trinajstić information content (AvgIpc) is 2.72. The van der Waals surface area contributed by atoms with Crippen LogP contribution in [0.1, 0.15) is 27.2 Å². The van der Waals surface area contributed by atoms with Crippen LogP contribution in [0.2, 0.25) is 0 Å². The van der Waals surface area contributed by atoms with Crippen molar-refractivity contribution < 1.29 is 9.53 Å². The molecule has 0 unspecified atom stereocenters. The highest BCUT2D eigenvalue weighted by atomic mass is 32.2. The molecule has 29 heavy (non-hydrogen) atoms. The SMILES string of the molecule is CCC(C)(C)NC(=O)CSc1nc2ccccc2c(=O)n1-c1ccc(OC)cc1. The summed E-state index contributed by atoms with van der Waals surface area (Å²) in [7, 11) is 1.59. The van der Waals surface area contributed by atoms with Crippen LogP contribution in [-0.4, -0.2) is 33.9 Å². The van der Waals surface area contributed by atoms with Gasteiger partial charge in [-0.25, -0.2) is 4.98 Å². The van der Waals surface area contributed by atoms with Crippen LogP contribution in [0.3, 0.4) is 0 Å². The summed E-state index contributed by atoms with van der Waals surface area (Å²) in [6, 6.07) is 14.4. The van der Waals surface area contributed by atoms with Crippen LogP contribution in [0.4, 0.5) is 0 Å². The summed E-state index contributed by atoms with van der Waals surface area (Å²) < 4.78 is 6.76. The number of nitrogens with one attached hydrogen (secondary N) is 1. The number of carbonyl (C=O) groups excluding carboxylic acids is 1. The summed E-state index contributed by atoms with van der Waals surface area (Å²) in [6.07, 6.45) is 0.828. The molecule has 1 amide bonds. The van der Waals surface area contributed by atoms with Gasteiger partial charge in [-0.1, -0.05) is 30.8 Å². The Morgan fingerprint density at radius 1 is 1.17 bits per heavy atom. The van der Waals surface area contributed by atoms with Crippen LogP contribution in [0, 0.1) is 0 Å². The first kappa shape index (κ1) is 20.9. The molecule has 1 N–H and O–H groups in total. The van der Waals surface area contributed by atoms with Gasteiger partial charge in [-0.2, -0.15) is 0 Å². The van der Waals surface area contributed by atoms with Gasteiger partial charge in [0.2, 0.25) is 5.91 Å². The van der Waals surface area contributed by atoms with Crippen molar-refractivity contribution in [1.82, 2.24) is 14.9 Å². The van der Waals surface area contributed by atoms with Crippen molar-refractivity contribution >= 4 is 28.6 Å². The Morgan fingerprint density at radius 2 is 1.86 bits per heavy atom. The summed E-state index contributed by atoms with van der Waals surface area (Å²) in [5, 5.41) is 4.02. The number of hydrogen-bond acceptors (Lipinski definition) is 5. The van der Waals surface area contributed by atoms with E-state index in [0.717, 1.165) is 6.42 Å². The van der Waals surface area contributed by atoms with E-state index >= 15 is 0 Å². The van der Waals surface area contributed by atoms with Crippen molar-refractivity contribution in [1.29, 1.82) is 0 Å². The molecule has 0 bridgehead atoms. The minimum Gasteiger partial charge on any atom is -0.497 e. The fraction of sp³-hybridized carbons (Fsp3) is 0.318. The van der Waals surface area contributed by atoms with Gasteiger partial charge in [0.15, 0.2) is 5.16 Å². The highest BCUT2D eigenvalue weighted by molar-refractivity contribution is 7.99. The Bertz CT molecular complexity index is 1070. The molecule has 3 aromatic rings. The number of carbonyl (C=O) groups is 1. The van der Waals surface area contributed by atoms with E-state index in [1.165, 1.54) is 11.8 Å². The van der Waals surface area contributed by atoms with Gasteiger partial charge in [0, 0.05) is 5.54 Å². The quantitative estimate of drug-likeness (QED) is 0.473. The second-order valence-corrected chi connectivity index (χ2v) is 8.27. The molecule has 7 heteroatoms. The summed E-state index contributed by atoms with van der Waals surface area (Å²) in [5.74, 6) is 0.779. The molecule has 0 aliphatic rings. The van der Waals surface area contributed by atoms with Crippen LogP contribution >= 0.6 is 11.8 Å². The smallest absolute Gasteiger partial charge is 0.266 e. The van der Waals surface area contributed by atoms with Crippen molar-refractivity contribution in [2.75, 3.05) is 12.9 Å². The largest absolute Gasteiger partial charge is 0.497 e. The lowest BCUT2D eigenvalue weighted by Gasteiger charge is -2.24. The number of fused-ring (bicyclic) bond motifs is 1. The Morgan fingerprint density at radius 3 is 2.52 bits per heavy atom. The Balaban J connectivity index is 2.00. The highest BCUT2D eigenvalue weighted by Gasteiger charge is 2.19. The standard InChI is InChI=1S/C22H25N3O3S/c1-5-22(2,3)24-19(26)14-29-21-23-18-9-7-6-8-17(18)20(27)25(21)15-10-12-16(28-4)13-11-15/h6-13H,5,14H2,1-4H3,(H,24,26). The lowest BCUT2D eigenvalue weighted by atomic mass is 10.0. The fourth-order valence-corrected chi connectivity index (χ4v) is 3.61. The van der Waals surface area contributed by atoms with E-state index in [0.29, 0.717) is 27.5 Å². The minimum absolute atomic E-state index is 0.0921. The number of rotatable bonds is 7. The molecule has 0 aliphatic heterocycles. The van der Waals surface area contributed by atoms with Crippen molar-refractivity contribution in [2.24, 2.45) is 0 Å². The lowest BCUT2D eigenvalue weighted by Crippen LogP contribution is -2.43. The summed E-state index contributed by atoms with van der Waals surface area (Å²) >= 11 is 1.25. The fourth-order valence-electron chi connectivity index (χ4n) is 2.80. The van der Waals surface area contributed by atoms with E-state index in [9.17, 15) is 9.59 Å². The zero-order valence-electron chi connectivity index (χ0n) is 17.1. The molecule has 0 aliphatic carbocycles. The van der Waals surface area contributed by atoms with Crippen LogP contribution in [-0.2, 0) is 4.79 Å². The molecular weight excluding hydrogens is 386 g/mol. The molecule has 6 nitrogen and oxygen atoms in total. The molecule has 3 rings (SSSR count). The molecule has 1 aromatic heterocycles. The minimum atomic E-state index is -0.274. The van der Waals surface area contributed by atoms with Gasteiger partial charge in [-0.05, 0) is 56.7 Å². The zero-order valence-corrected chi connectivity index (χ0v) is 17.9. The zero-order chi connectivity index (χ0) is 21.0. The molecule has 0 spiro atoms. The van der Waals surface area contributed by atoms with Crippen molar-refractivity contribution in [3.63, 3.8) is 0 Å². The first-order chi connectivity index (χ1) is 13.8. The molecule has 2 aromatic carbocycles. The first-order valence-corrected chi connectivity index (χ1v) is 10.4. The average molecular weight is 412 g/mol. The maximum Gasteiger partial charge on any atom is 0.266 e. The van der Waals surface area contributed by atoms with E-state index in [-0.39, 0.29) is 22.8 Å². The Hall–Kier alpha value is -2.80. The lowest BCUT2D eigenvalue weighted by molar-refractivity contribution is -0.120. The molecule has 0 saturated heterocycles. The third kappa shape index (κ3) is 4.79. The van der Waals surface area contributed by atoms with Gasteiger partial charge in [0.05, 0.1) is 29.5 Å². The van der Waals surface area contributed by atoms with E-state index in [1.54, 1.807) is 48.1 Å². The number of nitrogens with zero attached hydrogens (tertiary/aromatic N) is 2. The van der Waals surface area contributed by atoms with Gasteiger partial charge in [-0.15, -0.1) is 0 Å². The number of benzene rings is 2. The number of aromatic nitrogens is 2. The molecule has 0 radical (unpaired) electrons. The van der Waals surface area contributed by atoms with E-state index in [2.05, 4.69) is 10.3 Å². The predicted molar refractivity (Wildman–Crippen MR) is 117 cm³/mol. The van der Waals surface area contributed by atoms with E-state index < -0.39 is 0 Å². The Kier molecular flexibility index (Phi) is 6.27. The second-order valence-electron chi connectivity index (χ2n) is 7.32. The maximum atomic E-state index is 13.2. The van der Waals surface area contributed by atoms with Crippen molar-refractivity contribution in [3.8, 4) is 11.4 Å². The van der Waals surface area contributed by atoms with E-state index in [4.69, 9.17) is 4.74 Å². The van der Waals surface area contributed by atoms with Crippen LogP contribution in [0.25, 0.3) is 16.6 Å². The Labute approximate surface area is 174 Å². The maximum absolute atomic E-state index is 13.2. The van der Waals surface area contributed by atoms with Gasteiger partial charge in [-0.3, -0.25) is 14.2 Å². The number of amides is 1. The number of thioether (sulfide) groups is 1. The predicted octanol–water partition coefficient (Wildman–Crippen LogP) is 3.79. The molecule has 0 atom stereocenters. The topological polar surface area (TPSA) is 73.2 Å². The molecular formula is C22H25N3O3S. The molecule has 0 fully saturated rings. The van der Waals surface area contributed by atoms with Gasteiger partial charge < -0.3 is 10.1 Å². The number of ether oxygens (including phenoxy) is 1. The summed E-state index contributed by atoms with van der Waals surface area (Å²) in [5.41, 5.74) is 0.840. The van der Waals surface area contributed by atoms with Crippen LogP contribution in [0.5, 0.6) is 5.75 Å². The van der Waals surface area contributed by atoms with E-state index in [1.807, 2.05) is 32.9 Å². The van der Waals surface area contributed by atoms with Crippen LogP contribution in [0.15, 0.2) is 58.5 Å². The monoisotopic (exact) mass is 411 g/mol. The van der Waals surface area contributed by atoms with Gasteiger partial charge in [0.1, 0.15) is 5.75 Å². The van der Waals surface area contributed by atoms with Crippen molar-refractivity contribution in [3.05, 3.63) is 58.9 Å². The molecule has 1 heterocycles. The first-order valence-electron chi connectivity index (χ1n) is 9.44. The third-order valence-corrected chi connectivity index (χ3v) is 5.71. The number of hydrogen-bond donors (Lipinski definition) is 1. The number of methoxy groups -OCH3 is 1. The molecule has 0 saturated carbocycles. The van der Waals surface area contributed by atoms with Crippen molar-refractivity contribution in [2.45, 2.75) is 37.9 Å². The highest BCUT2D eigenvalue weighted by Crippen LogP contribution is 2.23. The second kappa shape index (κ2) is 8.69.